The summed E-state index contributed by atoms with van der Waals surface area (Å²) in [6.07, 6.45) is 3.00. The Morgan fingerprint density at radius 1 is 1.14 bits per heavy atom. The molecular weight excluding hydrogens is 388 g/mol. The van der Waals surface area contributed by atoms with Gasteiger partial charge in [-0.25, -0.2) is 0 Å². The fourth-order valence-corrected chi connectivity index (χ4v) is 4.45. The van der Waals surface area contributed by atoms with E-state index in [0.29, 0.717) is 5.75 Å². The summed E-state index contributed by atoms with van der Waals surface area (Å²) in [5, 5.41) is 14.6. The summed E-state index contributed by atoms with van der Waals surface area (Å²) in [7, 11) is 0. The number of nitrogens with zero attached hydrogens (tertiary/aromatic N) is 3. The van der Waals surface area contributed by atoms with Crippen molar-refractivity contribution in [3.8, 4) is 11.4 Å². The van der Waals surface area contributed by atoms with Gasteiger partial charge in [0.15, 0.2) is 11.0 Å². The van der Waals surface area contributed by atoms with Crippen LogP contribution in [0.25, 0.3) is 11.4 Å². The van der Waals surface area contributed by atoms with Crippen molar-refractivity contribution in [3.63, 3.8) is 0 Å². The minimum atomic E-state index is -0.0364. The lowest BCUT2D eigenvalue weighted by molar-refractivity contribution is -0.113. The van der Waals surface area contributed by atoms with E-state index in [1.54, 1.807) is 11.3 Å². The Hall–Kier alpha value is -2.12. The van der Waals surface area contributed by atoms with Crippen LogP contribution in [0.3, 0.4) is 0 Å². The number of thiophene rings is 1. The molecule has 28 heavy (non-hydrogen) atoms. The molecule has 2 aromatic heterocycles. The molecule has 0 saturated carbocycles. The Kier molecular flexibility index (Phi) is 7.28. The molecular formula is C21H26N4OS2. The van der Waals surface area contributed by atoms with E-state index >= 15 is 0 Å². The molecule has 7 heteroatoms. The Morgan fingerprint density at radius 3 is 2.57 bits per heavy atom. The quantitative estimate of drug-likeness (QED) is 0.484. The van der Waals surface area contributed by atoms with Crippen LogP contribution in [0.4, 0.5) is 5.69 Å². The number of carbonyl (C=O) groups excluding carboxylic acids is 1. The lowest BCUT2D eigenvalue weighted by Gasteiger charge is -2.08. The smallest absolute Gasteiger partial charge is 0.234 e. The fraction of sp³-hybridized carbons (Fsp3) is 0.381. The van der Waals surface area contributed by atoms with Crippen LogP contribution in [0.1, 0.15) is 37.6 Å². The van der Waals surface area contributed by atoms with Gasteiger partial charge >= 0.3 is 0 Å². The molecule has 0 fully saturated rings. The van der Waals surface area contributed by atoms with Gasteiger partial charge in [-0.2, -0.15) is 0 Å². The maximum atomic E-state index is 12.3. The van der Waals surface area contributed by atoms with Crippen LogP contribution in [0.2, 0.25) is 0 Å². The third kappa shape index (κ3) is 5.02. The van der Waals surface area contributed by atoms with Crippen LogP contribution in [-0.4, -0.2) is 26.4 Å². The highest BCUT2D eigenvalue weighted by Gasteiger charge is 2.16. The molecule has 5 nitrogen and oxygen atoms in total. The van der Waals surface area contributed by atoms with Gasteiger partial charge in [-0.3, -0.25) is 4.79 Å². The van der Waals surface area contributed by atoms with Gasteiger partial charge < -0.3 is 9.88 Å². The summed E-state index contributed by atoms with van der Waals surface area (Å²) in [4.78, 5) is 13.7. The van der Waals surface area contributed by atoms with Crippen molar-refractivity contribution in [2.75, 3.05) is 11.1 Å². The number of benzene rings is 1. The zero-order valence-corrected chi connectivity index (χ0v) is 18.2. The predicted molar refractivity (Wildman–Crippen MR) is 118 cm³/mol. The Bertz CT molecular complexity index is 915. The van der Waals surface area contributed by atoms with E-state index in [4.69, 9.17) is 0 Å². The number of amides is 1. The number of hydrogen-bond donors (Lipinski definition) is 1. The highest BCUT2D eigenvalue weighted by molar-refractivity contribution is 7.99. The van der Waals surface area contributed by atoms with E-state index in [1.807, 2.05) is 24.3 Å². The maximum absolute atomic E-state index is 12.3. The molecule has 148 valence electrons. The molecule has 0 aliphatic rings. The maximum Gasteiger partial charge on any atom is 0.234 e. The average Bonchev–Trinajstić information content (AvgIpc) is 3.34. The van der Waals surface area contributed by atoms with Crippen LogP contribution in [-0.2, 0) is 24.2 Å². The molecule has 0 unspecified atom stereocenters. The number of anilines is 1. The molecule has 3 rings (SSSR count). The van der Waals surface area contributed by atoms with Crippen molar-refractivity contribution in [2.24, 2.45) is 0 Å². The summed E-state index contributed by atoms with van der Waals surface area (Å²) in [6, 6.07) is 10.2. The van der Waals surface area contributed by atoms with Crippen LogP contribution in [0.15, 0.2) is 40.9 Å². The van der Waals surface area contributed by atoms with Gasteiger partial charge in [0.05, 0.1) is 5.75 Å². The molecule has 0 spiro atoms. The van der Waals surface area contributed by atoms with Crippen LogP contribution in [0, 0.1) is 0 Å². The van der Waals surface area contributed by atoms with E-state index in [-0.39, 0.29) is 5.91 Å². The average molecular weight is 415 g/mol. The molecule has 1 N–H and O–H groups in total. The molecule has 0 aliphatic carbocycles. The molecule has 3 aromatic rings. The third-order valence-corrected chi connectivity index (χ3v) is 6.45. The van der Waals surface area contributed by atoms with Gasteiger partial charge in [0, 0.05) is 28.1 Å². The van der Waals surface area contributed by atoms with E-state index in [1.165, 1.54) is 22.2 Å². The number of nitrogens with one attached hydrogen (secondary N) is 1. The lowest BCUT2D eigenvalue weighted by Crippen LogP contribution is -2.14. The molecule has 1 amide bonds. The number of rotatable bonds is 9. The first-order chi connectivity index (χ1) is 13.6. The van der Waals surface area contributed by atoms with E-state index in [0.717, 1.165) is 48.0 Å². The summed E-state index contributed by atoms with van der Waals surface area (Å²) >= 11 is 3.18. The second kappa shape index (κ2) is 9.89. The monoisotopic (exact) mass is 414 g/mol. The number of thioether (sulfide) groups is 1. The van der Waals surface area contributed by atoms with E-state index in [9.17, 15) is 4.79 Å². The van der Waals surface area contributed by atoms with Gasteiger partial charge in [-0.05, 0) is 43.0 Å². The second-order valence-corrected chi connectivity index (χ2v) is 8.44. The third-order valence-electron chi connectivity index (χ3n) is 4.40. The molecule has 0 atom stereocenters. The lowest BCUT2D eigenvalue weighted by atomic mass is 10.1. The molecule has 0 radical (unpaired) electrons. The van der Waals surface area contributed by atoms with Gasteiger partial charge in [-0.1, -0.05) is 44.7 Å². The summed E-state index contributed by atoms with van der Waals surface area (Å²) in [5.41, 5.74) is 3.19. The summed E-state index contributed by atoms with van der Waals surface area (Å²) in [6.45, 7) is 7.24. The number of aryl methyl sites for hydroxylation is 2. The van der Waals surface area contributed by atoms with Crippen molar-refractivity contribution in [1.82, 2.24) is 14.8 Å². The molecule has 0 saturated heterocycles. The predicted octanol–water partition coefficient (Wildman–Crippen LogP) is 5.27. The van der Waals surface area contributed by atoms with Crippen molar-refractivity contribution in [2.45, 2.75) is 51.7 Å². The summed E-state index contributed by atoms with van der Waals surface area (Å²) < 4.78 is 2.12. The van der Waals surface area contributed by atoms with Crippen molar-refractivity contribution in [1.29, 1.82) is 0 Å². The number of hydrogen-bond acceptors (Lipinski definition) is 5. The minimum Gasteiger partial charge on any atom is -0.325 e. The van der Waals surface area contributed by atoms with Gasteiger partial charge in [0.1, 0.15) is 0 Å². The van der Waals surface area contributed by atoms with Gasteiger partial charge in [-0.15, -0.1) is 21.5 Å². The topological polar surface area (TPSA) is 59.8 Å². The molecule has 0 aliphatic heterocycles. The second-order valence-electron chi connectivity index (χ2n) is 6.50. The zero-order chi connectivity index (χ0) is 19.9. The van der Waals surface area contributed by atoms with Crippen molar-refractivity contribution in [3.05, 3.63) is 46.2 Å². The molecule has 2 heterocycles. The van der Waals surface area contributed by atoms with Crippen molar-refractivity contribution >= 4 is 34.7 Å². The fourth-order valence-electron chi connectivity index (χ4n) is 2.87. The van der Waals surface area contributed by atoms with Crippen molar-refractivity contribution < 1.29 is 4.79 Å². The van der Waals surface area contributed by atoms with Crippen LogP contribution >= 0.6 is 23.1 Å². The van der Waals surface area contributed by atoms with Gasteiger partial charge in [0.25, 0.3) is 0 Å². The highest BCUT2D eigenvalue weighted by Crippen LogP contribution is 2.28. The molecule has 0 bridgehead atoms. The first-order valence-electron chi connectivity index (χ1n) is 9.67. The van der Waals surface area contributed by atoms with Gasteiger partial charge in [0.2, 0.25) is 5.91 Å². The van der Waals surface area contributed by atoms with Crippen LogP contribution < -0.4 is 5.32 Å². The SMILES string of the molecule is CCCn1c(SCC(=O)Nc2ccc(CC)cc2)nnc1-c1csc(CC)c1. The van der Waals surface area contributed by atoms with Crippen LogP contribution in [0.5, 0.6) is 0 Å². The Labute approximate surface area is 174 Å². The minimum absolute atomic E-state index is 0.0364. The highest BCUT2D eigenvalue weighted by atomic mass is 32.2. The normalized spacial score (nSPS) is 11.0. The Morgan fingerprint density at radius 2 is 1.93 bits per heavy atom. The first kappa shape index (κ1) is 20.6. The standard InChI is InChI=1S/C21H26N4OS2/c1-4-11-25-20(16-12-18(6-3)27-13-16)23-24-21(25)28-14-19(26)22-17-9-7-15(5-2)8-10-17/h7-10,12-13H,4-6,11,14H2,1-3H3,(H,22,26). The first-order valence-corrected chi connectivity index (χ1v) is 11.5. The molecule has 1 aromatic carbocycles. The Balaban J connectivity index is 1.66. The number of carbonyl (C=O) groups is 1. The zero-order valence-electron chi connectivity index (χ0n) is 16.6. The summed E-state index contributed by atoms with van der Waals surface area (Å²) in [5.74, 6) is 1.16. The van der Waals surface area contributed by atoms with E-state index < -0.39 is 0 Å². The largest absolute Gasteiger partial charge is 0.325 e. The number of aromatic nitrogens is 3. The van der Waals surface area contributed by atoms with E-state index in [2.05, 4.69) is 52.3 Å².